The van der Waals surface area contributed by atoms with Gasteiger partial charge in [-0.15, -0.1) is 0 Å². The van der Waals surface area contributed by atoms with E-state index in [0.717, 1.165) is 5.56 Å². The van der Waals surface area contributed by atoms with E-state index in [0.29, 0.717) is 0 Å². The molecular weight excluding hydrogens is 172 g/mol. The van der Waals surface area contributed by atoms with Gasteiger partial charge in [0.1, 0.15) is 0 Å². The standard InChI is InChI=1S/C13H14O/c1-9-3-6-13-10(2)12(8-14)5-4-11(13)7-9/h3-7,14H,8H2,1-2H3. The molecule has 0 saturated carbocycles. The number of aliphatic hydroxyl groups is 1. The van der Waals surface area contributed by atoms with Crippen molar-refractivity contribution in [1.29, 1.82) is 0 Å². The predicted octanol–water partition coefficient (Wildman–Crippen LogP) is 2.95. The number of benzene rings is 2. The monoisotopic (exact) mass is 186 g/mol. The minimum atomic E-state index is 0.121. The maximum atomic E-state index is 9.13. The van der Waals surface area contributed by atoms with Crippen molar-refractivity contribution in [3.63, 3.8) is 0 Å². The third-order valence-electron chi connectivity index (χ3n) is 2.73. The summed E-state index contributed by atoms with van der Waals surface area (Å²) in [5, 5.41) is 11.6. The van der Waals surface area contributed by atoms with E-state index in [1.165, 1.54) is 21.9 Å². The highest BCUT2D eigenvalue weighted by atomic mass is 16.3. The average molecular weight is 186 g/mol. The minimum Gasteiger partial charge on any atom is -0.392 e. The molecule has 14 heavy (non-hydrogen) atoms. The van der Waals surface area contributed by atoms with E-state index in [1.807, 2.05) is 6.07 Å². The quantitative estimate of drug-likeness (QED) is 0.726. The molecule has 0 fully saturated rings. The Morgan fingerprint density at radius 3 is 2.57 bits per heavy atom. The maximum absolute atomic E-state index is 9.13. The van der Waals surface area contributed by atoms with Crippen LogP contribution in [-0.2, 0) is 6.61 Å². The van der Waals surface area contributed by atoms with Crippen LogP contribution in [0.25, 0.3) is 10.8 Å². The van der Waals surface area contributed by atoms with Crippen molar-refractivity contribution in [1.82, 2.24) is 0 Å². The number of fused-ring (bicyclic) bond motifs is 1. The number of hydrogen-bond donors (Lipinski definition) is 1. The Morgan fingerprint density at radius 1 is 1.07 bits per heavy atom. The van der Waals surface area contributed by atoms with Gasteiger partial charge in [0, 0.05) is 0 Å². The van der Waals surface area contributed by atoms with E-state index in [9.17, 15) is 0 Å². The zero-order valence-electron chi connectivity index (χ0n) is 8.54. The Kier molecular flexibility index (Phi) is 2.26. The molecule has 0 spiro atoms. The van der Waals surface area contributed by atoms with Gasteiger partial charge in [-0.1, -0.05) is 35.9 Å². The van der Waals surface area contributed by atoms with Crippen molar-refractivity contribution >= 4 is 10.8 Å². The molecule has 0 aromatic heterocycles. The molecule has 0 radical (unpaired) electrons. The molecule has 1 heteroatoms. The summed E-state index contributed by atoms with van der Waals surface area (Å²) in [6.07, 6.45) is 0. The van der Waals surface area contributed by atoms with Gasteiger partial charge in [0.2, 0.25) is 0 Å². The van der Waals surface area contributed by atoms with E-state index in [4.69, 9.17) is 5.11 Å². The minimum absolute atomic E-state index is 0.121. The highest BCUT2D eigenvalue weighted by molar-refractivity contribution is 5.87. The van der Waals surface area contributed by atoms with E-state index >= 15 is 0 Å². The number of rotatable bonds is 1. The largest absolute Gasteiger partial charge is 0.392 e. The third kappa shape index (κ3) is 1.40. The van der Waals surface area contributed by atoms with Crippen LogP contribution in [0.4, 0.5) is 0 Å². The molecule has 2 aromatic carbocycles. The summed E-state index contributed by atoms with van der Waals surface area (Å²) in [7, 11) is 0. The fourth-order valence-corrected chi connectivity index (χ4v) is 1.82. The van der Waals surface area contributed by atoms with Crippen LogP contribution in [0.15, 0.2) is 30.3 Å². The topological polar surface area (TPSA) is 20.2 Å². The van der Waals surface area contributed by atoms with Gasteiger partial charge in [-0.2, -0.15) is 0 Å². The van der Waals surface area contributed by atoms with Crippen LogP contribution in [0.3, 0.4) is 0 Å². The van der Waals surface area contributed by atoms with Crippen LogP contribution in [0, 0.1) is 13.8 Å². The fourth-order valence-electron chi connectivity index (χ4n) is 1.82. The van der Waals surface area contributed by atoms with Gasteiger partial charge in [0.15, 0.2) is 0 Å². The van der Waals surface area contributed by atoms with Crippen LogP contribution in [-0.4, -0.2) is 5.11 Å². The first-order chi connectivity index (χ1) is 6.72. The molecule has 0 aliphatic rings. The Morgan fingerprint density at radius 2 is 1.86 bits per heavy atom. The number of aliphatic hydroxyl groups excluding tert-OH is 1. The lowest BCUT2D eigenvalue weighted by molar-refractivity contribution is 0.281. The molecule has 1 nitrogen and oxygen atoms in total. The second-order valence-corrected chi connectivity index (χ2v) is 3.73. The smallest absolute Gasteiger partial charge is 0.0684 e. The molecule has 0 heterocycles. The lowest BCUT2D eigenvalue weighted by Gasteiger charge is -2.07. The summed E-state index contributed by atoms with van der Waals surface area (Å²) in [4.78, 5) is 0. The van der Waals surface area contributed by atoms with Gasteiger partial charge in [-0.25, -0.2) is 0 Å². The molecule has 0 bridgehead atoms. The first kappa shape index (κ1) is 9.22. The van der Waals surface area contributed by atoms with Crippen LogP contribution in [0.5, 0.6) is 0 Å². The van der Waals surface area contributed by atoms with Crippen molar-refractivity contribution in [3.05, 3.63) is 47.0 Å². The van der Waals surface area contributed by atoms with Crippen molar-refractivity contribution < 1.29 is 5.11 Å². The lowest BCUT2D eigenvalue weighted by Crippen LogP contribution is -1.89. The molecule has 0 aliphatic heterocycles. The summed E-state index contributed by atoms with van der Waals surface area (Å²) >= 11 is 0. The zero-order chi connectivity index (χ0) is 10.1. The summed E-state index contributed by atoms with van der Waals surface area (Å²) in [6.45, 7) is 4.27. The molecule has 2 rings (SSSR count). The molecule has 0 aliphatic carbocycles. The number of hydrogen-bond acceptors (Lipinski definition) is 1. The Hall–Kier alpha value is -1.34. The Balaban J connectivity index is 2.77. The normalized spacial score (nSPS) is 10.8. The maximum Gasteiger partial charge on any atom is 0.0684 e. The van der Waals surface area contributed by atoms with Gasteiger partial charge in [-0.3, -0.25) is 0 Å². The van der Waals surface area contributed by atoms with Crippen molar-refractivity contribution in [3.8, 4) is 0 Å². The third-order valence-corrected chi connectivity index (χ3v) is 2.73. The molecule has 0 saturated heterocycles. The zero-order valence-corrected chi connectivity index (χ0v) is 8.54. The Bertz CT molecular complexity index is 472. The van der Waals surface area contributed by atoms with Gasteiger partial charge in [0.05, 0.1) is 6.61 Å². The average Bonchev–Trinajstić information content (AvgIpc) is 2.18. The van der Waals surface area contributed by atoms with Gasteiger partial charge in [0.25, 0.3) is 0 Å². The van der Waals surface area contributed by atoms with E-state index in [-0.39, 0.29) is 6.61 Å². The molecular formula is C13H14O. The highest BCUT2D eigenvalue weighted by Gasteiger charge is 2.02. The van der Waals surface area contributed by atoms with Crippen molar-refractivity contribution in [2.45, 2.75) is 20.5 Å². The second kappa shape index (κ2) is 3.43. The van der Waals surface area contributed by atoms with Crippen LogP contribution >= 0.6 is 0 Å². The fraction of sp³-hybridized carbons (Fsp3) is 0.231. The summed E-state index contributed by atoms with van der Waals surface area (Å²) < 4.78 is 0. The molecule has 0 amide bonds. The van der Waals surface area contributed by atoms with Gasteiger partial charge >= 0.3 is 0 Å². The first-order valence-electron chi connectivity index (χ1n) is 4.82. The van der Waals surface area contributed by atoms with Crippen LogP contribution in [0.1, 0.15) is 16.7 Å². The molecule has 0 atom stereocenters. The molecule has 2 aromatic rings. The summed E-state index contributed by atoms with van der Waals surface area (Å²) in [6, 6.07) is 10.5. The first-order valence-corrected chi connectivity index (χ1v) is 4.82. The van der Waals surface area contributed by atoms with E-state index < -0.39 is 0 Å². The molecule has 1 N–H and O–H groups in total. The molecule has 72 valence electrons. The Labute approximate surface area is 84.0 Å². The van der Waals surface area contributed by atoms with Crippen molar-refractivity contribution in [2.75, 3.05) is 0 Å². The molecule has 0 unspecified atom stereocenters. The SMILES string of the molecule is Cc1ccc2c(C)c(CO)ccc2c1. The van der Waals surface area contributed by atoms with Gasteiger partial charge < -0.3 is 5.11 Å². The van der Waals surface area contributed by atoms with Crippen LogP contribution < -0.4 is 0 Å². The van der Waals surface area contributed by atoms with E-state index in [1.54, 1.807) is 0 Å². The highest BCUT2D eigenvalue weighted by Crippen LogP contribution is 2.22. The van der Waals surface area contributed by atoms with E-state index in [2.05, 4.69) is 38.1 Å². The summed E-state index contributed by atoms with van der Waals surface area (Å²) in [5.41, 5.74) is 3.47. The van der Waals surface area contributed by atoms with Gasteiger partial charge in [-0.05, 0) is 35.7 Å². The second-order valence-electron chi connectivity index (χ2n) is 3.73. The lowest BCUT2D eigenvalue weighted by atomic mass is 9.99. The summed E-state index contributed by atoms with van der Waals surface area (Å²) in [5.74, 6) is 0. The van der Waals surface area contributed by atoms with Crippen LogP contribution in [0.2, 0.25) is 0 Å². The predicted molar refractivity (Wildman–Crippen MR) is 59.3 cm³/mol. The van der Waals surface area contributed by atoms with Crippen molar-refractivity contribution in [2.24, 2.45) is 0 Å². The number of aryl methyl sites for hydroxylation is 2.